The molecule has 1 saturated heterocycles. The van der Waals surface area contributed by atoms with Crippen LogP contribution < -0.4 is 15.4 Å². The highest BCUT2D eigenvalue weighted by molar-refractivity contribution is 5.99. The summed E-state index contributed by atoms with van der Waals surface area (Å²) in [5.41, 5.74) is 0.949. The molecule has 164 valence electrons. The number of hydrogen-bond donors (Lipinski definition) is 2. The molecule has 9 nitrogen and oxygen atoms in total. The van der Waals surface area contributed by atoms with Crippen LogP contribution in [0.15, 0.2) is 18.2 Å². The van der Waals surface area contributed by atoms with Gasteiger partial charge < -0.3 is 29.7 Å². The summed E-state index contributed by atoms with van der Waals surface area (Å²) in [6.07, 6.45) is 1.11. The maximum atomic E-state index is 13.1. The van der Waals surface area contributed by atoms with Crippen LogP contribution >= 0.6 is 0 Å². The molecule has 3 amide bonds. The average molecular weight is 419 g/mol. The molecular formula is C21H29N3O6. The molecule has 2 aliphatic rings. The molecule has 0 unspecified atom stereocenters. The van der Waals surface area contributed by atoms with Crippen molar-refractivity contribution >= 4 is 23.4 Å². The van der Waals surface area contributed by atoms with Gasteiger partial charge in [-0.2, -0.15) is 0 Å². The quantitative estimate of drug-likeness (QED) is 0.671. The van der Waals surface area contributed by atoms with Gasteiger partial charge in [0.1, 0.15) is 18.5 Å². The van der Waals surface area contributed by atoms with Gasteiger partial charge in [0.2, 0.25) is 11.8 Å². The second kappa shape index (κ2) is 9.90. The van der Waals surface area contributed by atoms with Crippen molar-refractivity contribution in [3.63, 3.8) is 0 Å². The lowest BCUT2D eigenvalue weighted by atomic mass is 9.94. The summed E-state index contributed by atoms with van der Waals surface area (Å²) >= 11 is 0. The van der Waals surface area contributed by atoms with Crippen LogP contribution in [0.4, 0.5) is 5.69 Å². The number of ether oxygens (including phenoxy) is 3. The molecule has 0 radical (unpaired) electrons. The molecule has 1 fully saturated rings. The lowest BCUT2D eigenvalue weighted by Gasteiger charge is -2.42. The number of benzene rings is 1. The number of nitrogens with one attached hydrogen (secondary N) is 2. The maximum Gasteiger partial charge on any atom is 0.257 e. The highest BCUT2D eigenvalue weighted by Crippen LogP contribution is 2.32. The van der Waals surface area contributed by atoms with Gasteiger partial charge in [0.15, 0.2) is 0 Å². The van der Waals surface area contributed by atoms with E-state index < -0.39 is 0 Å². The van der Waals surface area contributed by atoms with Crippen LogP contribution in [0.2, 0.25) is 0 Å². The number of carbonyl (C=O) groups is 3. The number of carbonyl (C=O) groups excluding carboxylic acids is 3. The standard InChI is InChI=1S/C21H29N3O6/c1-13(25)23-14-4-7-18-16(10-14)21(27)24(2)17-6-5-15(30-19(17)12-29-18)11-20(26)22-8-9-28-3/h4,7,10,15,17,19H,5-6,8-9,11-12H2,1-3H3,(H,22,26)(H,23,25)/t15-,17+,19+/m1/s1. The number of hydrogen-bond acceptors (Lipinski definition) is 6. The minimum Gasteiger partial charge on any atom is -0.490 e. The summed E-state index contributed by atoms with van der Waals surface area (Å²) in [7, 11) is 3.34. The Morgan fingerprint density at radius 2 is 2.10 bits per heavy atom. The molecule has 0 bridgehead atoms. The van der Waals surface area contributed by atoms with Crippen LogP contribution in [-0.2, 0) is 19.1 Å². The van der Waals surface area contributed by atoms with E-state index in [1.165, 1.54) is 6.92 Å². The second-order valence-electron chi connectivity index (χ2n) is 7.61. The van der Waals surface area contributed by atoms with E-state index in [4.69, 9.17) is 14.2 Å². The van der Waals surface area contributed by atoms with Gasteiger partial charge in [0, 0.05) is 33.3 Å². The first-order valence-electron chi connectivity index (χ1n) is 10.1. The van der Waals surface area contributed by atoms with Gasteiger partial charge in [-0.3, -0.25) is 14.4 Å². The summed E-state index contributed by atoms with van der Waals surface area (Å²) < 4.78 is 17.0. The molecule has 3 rings (SSSR count). The Bertz CT molecular complexity index is 799. The van der Waals surface area contributed by atoms with Crippen molar-refractivity contribution in [1.82, 2.24) is 10.2 Å². The lowest BCUT2D eigenvalue weighted by Crippen LogP contribution is -2.54. The molecule has 1 aromatic carbocycles. The Balaban J connectivity index is 1.69. The van der Waals surface area contributed by atoms with E-state index >= 15 is 0 Å². The van der Waals surface area contributed by atoms with Gasteiger partial charge in [0.25, 0.3) is 5.91 Å². The molecule has 9 heteroatoms. The van der Waals surface area contributed by atoms with Gasteiger partial charge in [-0.1, -0.05) is 0 Å². The predicted octanol–water partition coefficient (Wildman–Crippen LogP) is 1.18. The topological polar surface area (TPSA) is 106 Å². The molecule has 3 atom stereocenters. The van der Waals surface area contributed by atoms with E-state index in [1.54, 1.807) is 37.3 Å². The highest BCUT2D eigenvalue weighted by Gasteiger charge is 2.39. The highest BCUT2D eigenvalue weighted by atomic mass is 16.5. The largest absolute Gasteiger partial charge is 0.490 e. The second-order valence-corrected chi connectivity index (χ2v) is 7.61. The Morgan fingerprint density at radius 3 is 2.83 bits per heavy atom. The number of likely N-dealkylation sites (N-methyl/N-ethyl adjacent to an activating group) is 1. The third-order valence-electron chi connectivity index (χ3n) is 5.37. The first kappa shape index (κ1) is 22.0. The van der Waals surface area contributed by atoms with Crippen LogP contribution in [-0.4, -0.2) is 74.8 Å². The summed E-state index contributed by atoms with van der Waals surface area (Å²) in [5.74, 6) is -0.0307. The number of anilines is 1. The Morgan fingerprint density at radius 1 is 1.30 bits per heavy atom. The summed E-state index contributed by atoms with van der Waals surface area (Å²) in [4.78, 5) is 38.2. The number of rotatable bonds is 6. The van der Waals surface area contributed by atoms with E-state index in [1.807, 2.05) is 0 Å². The Labute approximate surface area is 176 Å². The third-order valence-corrected chi connectivity index (χ3v) is 5.37. The van der Waals surface area contributed by atoms with Crippen LogP contribution in [0, 0.1) is 0 Å². The minimum atomic E-state index is -0.326. The van der Waals surface area contributed by atoms with Crippen molar-refractivity contribution in [2.45, 2.75) is 44.4 Å². The predicted molar refractivity (Wildman–Crippen MR) is 110 cm³/mol. The maximum absolute atomic E-state index is 13.1. The summed E-state index contributed by atoms with van der Waals surface area (Å²) in [6, 6.07) is 4.85. The van der Waals surface area contributed by atoms with Gasteiger partial charge >= 0.3 is 0 Å². The zero-order chi connectivity index (χ0) is 21.7. The SMILES string of the molecule is COCCNC(=O)C[C@H]1CC[C@H]2[C@H](COc3ccc(NC(C)=O)cc3C(=O)N2C)O1. The van der Waals surface area contributed by atoms with Crippen molar-refractivity contribution in [1.29, 1.82) is 0 Å². The number of nitrogens with zero attached hydrogens (tertiary/aromatic N) is 1. The normalized spacial score (nSPS) is 23.4. The summed E-state index contributed by atoms with van der Waals surface area (Å²) in [6.45, 7) is 2.62. The van der Waals surface area contributed by atoms with Gasteiger partial charge in [0.05, 0.1) is 30.7 Å². The number of methoxy groups -OCH3 is 1. The van der Waals surface area contributed by atoms with Crippen molar-refractivity contribution in [2.24, 2.45) is 0 Å². The molecule has 2 N–H and O–H groups in total. The van der Waals surface area contributed by atoms with Crippen LogP contribution in [0.3, 0.4) is 0 Å². The van der Waals surface area contributed by atoms with Crippen LogP contribution in [0.25, 0.3) is 0 Å². The van der Waals surface area contributed by atoms with Crippen molar-refractivity contribution in [3.8, 4) is 5.75 Å². The zero-order valence-electron chi connectivity index (χ0n) is 17.6. The molecule has 0 aromatic heterocycles. The summed E-state index contributed by atoms with van der Waals surface area (Å²) in [5, 5.41) is 5.49. The molecule has 30 heavy (non-hydrogen) atoms. The number of amides is 3. The Hall–Kier alpha value is -2.65. The smallest absolute Gasteiger partial charge is 0.257 e. The average Bonchev–Trinajstić information content (AvgIpc) is 2.71. The van der Waals surface area contributed by atoms with E-state index in [0.717, 1.165) is 0 Å². The molecule has 0 saturated carbocycles. The molecule has 2 heterocycles. The lowest BCUT2D eigenvalue weighted by molar-refractivity contribution is -0.134. The van der Waals surface area contributed by atoms with Crippen molar-refractivity contribution in [3.05, 3.63) is 23.8 Å². The zero-order valence-corrected chi connectivity index (χ0v) is 17.6. The monoisotopic (exact) mass is 419 g/mol. The van der Waals surface area contributed by atoms with Crippen LogP contribution in [0.5, 0.6) is 5.75 Å². The molecular weight excluding hydrogens is 390 g/mol. The van der Waals surface area contributed by atoms with E-state index in [9.17, 15) is 14.4 Å². The van der Waals surface area contributed by atoms with E-state index in [0.29, 0.717) is 43.0 Å². The van der Waals surface area contributed by atoms with E-state index in [2.05, 4.69) is 10.6 Å². The van der Waals surface area contributed by atoms with Gasteiger partial charge in [-0.05, 0) is 31.0 Å². The van der Waals surface area contributed by atoms with E-state index in [-0.39, 0.29) is 49.0 Å². The fraction of sp³-hybridized carbons (Fsp3) is 0.571. The number of fused-ring (bicyclic) bond motifs is 2. The molecule has 1 aromatic rings. The van der Waals surface area contributed by atoms with Crippen LogP contribution in [0.1, 0.15) is 36.5 Å². The fourth-order valence-corrected chi connectivity index (χ4v) is 3.88. The molecule has 0 aliphatic carbocycles. The first-order valence-corrected chi connectivity index (χ1v) is 10.1. The Kier molecular flexibility index (Phi) is 7.28. The third kappa shape index (κ3) is 5.28. The molecule has 0 spiro atoms. The van der Waals surface area contributed by atoms with Crippen molar-refractivity contribution < 1.29 is 28.6 Å². The molecule has 2 aliphatic heterocycles. The first-order chi connectivity index (χ1) is 14.4. The van der Waals surface area contributed by atoms with Crippen molar-refractivity contribution in [2.75, 3.05) is 39.2 Å². The fourth-order valence-electron chi connectivity index (χ4n) is 3.88. The van der Waals surface area contributed by atoms with Gasteiger partial charge in [-0.25, -0.2) is 0 Å². The van der Waals surface area contributed by atoms with Gasteiger partial charge in [-0.15, -0.1) is 0 Å². The minimum absolute atomic E-state index is 0.0810.